The number of nitrogens with zero attached hydrogens (tertiary/aromatic N) is 4. The molecule has 0 unspecified atom stereocenters. The van der Waals surface area contributed by atoms with Crippen LogP contribution < -0.4 is 15.5 Å². The molecule has 3 heterocycles. The molecule has 4 bridgehead atoms. The maximum absolute atomic E-state index is 14.0. The Bertz CT molecular complexity index is 2280. The Kier molecular flexibility index (Phi) is 8.46. The molecule has 0 radical (unpaired) electrons. The SMILES string of the molecule is CC(C)(C)OC(=O)c1nc(N2CCc3cccc(C(=O)Nc4nc5ccccc5s4)c3C2)ccc1-c1cccc(NC23CC4CC(CC(C4)C2)C3)c1C#N. The van der Waals surface area contributed by atoms with E-state index in [2.05, 4.69) is 32.7 Å². The van der Waals surface area contributed by atoms with Gasteiger partial charge in [-0.25, -0.2) is 14.8 Å². The summed E-state index contributed by atoms with van der Waals surface area (Å²) in [6.07, 6.45) is 8.17. The number of aromatic nitrogens is 2. The third-order valence-corrected chi connectivity index (χ3v) is 12.7. The second-order valence-electron chi connectivity index (χ2n) is 16.8. The number of esters is 1. The second-order valence-corrected chi connectivity index (χ2v) is 17.8. The van der Waals surface area contributed by atoms with Gasteiger partial charge in [0.05, 0.1) is 21.5 Å². The van der Waals surface area contributed by atoms with Crippen molar-refractivity contribution in [2.75, 3.05) is 22.1 Å². The van der Waals surface area contributed by atoms with Crippen LogP contribution in [0.2, 0.25) is 0 Å². The Labute approximate surface area is 319 Å². The third kappa shape index (κ3) is 6.49. The highest BCUT2D eigenvalue weighted by Crippen LogP contribution is 2.57. The van der Waals surface area contributed by atoms with Crippen molar-refractivity contribution in [3.8, 4) is 17.2 Å². The number of pyridine rings is 1. The number of ether oxygens (including phenoxy) is 1. The summed E-state index contributed by atoms with van der Waals surface area (Å²) in [5, 5.41) is 18.2. The van der Waals surface area contributed by atoms with E-state index in [1.54, 1.807) is 0 Å². The van der Waals surface area contributed by atoms with Crippen molar-refractivity contribution in [3.63, 3.8) is 0 Å². The summed E-state index contributed by atoms with van der Waals surface area (Å²) in [6.45, 7) is 6.62. The minimum absolute atomic E-state index is 0.0176. The molecule has 4 saturated carbocycles. The normalized spacial score (nSPS) is 22.8. The van der Waals surface area contributed by atoms with Gasteiger partial charge in [-0.05, 0) is 131 Å². The number of carbonyl (C=O) groups is 2. The lowest BCUT2D eigenvalue weighted by Crippen LogP contribution is -2.54. The van der Waals surface area contributed by atoms with Crippen LogP contribution in [0, 0.1) is 29.1 Å². The van der Waals surface area contributed by atoms with Crippen molar-refractivity contribution >= 4 is 50.1 Å². The molecular weight excluding hydrogens is 693 g/mol. The monoisotopic (exact) mass is 736 g/mol. The lowest BCUT2D eigenvalue weighted by Gasteiger charge is -2.57. The fourth-order valence-electron chi connectivity index (χ4n) is 9.95. The van der Waals surface area contributed by atoms with Gasteiger partial charge < -0.3 is 15.0 Å². The van der Waals surface area contributed by atoms with Crippen molar-refractivity contribution in [2.24, 2.45) is 17.8 Å². The van der Waals surface area contributed by atoms with Crippen molar-refractivity contribution in [3.05, 3.63) is 101 Å². The van der Waals surface area contributed by atoms with E-state index in [4.69, 9.17) is 9.72 Å². The van der Waals surface area contributed by atoms with Gasteiger partial charge in [0.25, 0.3) is 5.91 Å². The topological polar surface area (TPSA) is 120 Å². The summed E-state index contributed by atoms with van der Waals surface area (Å²) >= 11 is 1.45. The molecule has 5 aliphatic rings. The molecule has 4 fully saturated rings. The van der Waals surface area contributed by atoms with Crippen LogP contribution in [0.4, 0.5) is 16.6 Å². The molecule has 10 rings (SSSR count). The van der Waals surface area contributed by atoms with Gasteiger partial charge in [-0.1, -0.05) is 47.7 Å². The number of amides is 1. The van der Waals surface area contributed by atoms with Crippen LogP contribution in [0.3, 0.4) is 0 Å². The fourth-order valence-corrected chi connectivity index (χ4v) is 10.8. The number of fused-ring (bicyclic) bond motifs is 2. The van der Waals surface area contributed by atoms with Crippen LogP contribution in [0.5, 0.6) is 0 Å². The lowest BCUT2D eigenvalue weighted by molar-refractivity contribution is 0.00632. The van der Waals surface area contributed by atoms with Crippen LogP contribution in [-0.4, -0.2) is 39.5 Å². The summed E-state index contributed by atoms with van der Waals surface area (Å²) in [4.78, 5) is 39.4. The van der Waals surface area contributed by atoms with Gasteiger partial charge in [-0.15, -0.1) is 0 Å². The maximum atomic E-state index is 14.0. The van der Waals surface area contributed by atoms with E-state index in [9.17, 15) is 14.9 Å². The smallest absolute Gasteiger partial charge is 0.358 e. The standard InChI is InChI=1S/C44H44N6O3S/c1-43(2,3)53-41(52)39-31(30-9-7-12-35(33(30)24-45)49-44-21-26-18-27(22-44)20-28(19-26)23-44)14-15-38(47-39)50-17-16-29-8-6-10-32(34(29)25-50)40(51)48-42-46-36-11-4-5-13-37(36)54-42/h4-15,26-28,49H,16-23,25H2,1-3H3,(H,46,48,51). The average Bonchev–Trinajstić information content (AvgIpc) is 3.55. The largest absolute Gasteiger partial charge is 0.455 e. The van der Waals surface area contributed by atoms with Gasteiger partial charge in [0.2, 0.25) is 0 Å². The quantitative estimate of drug-likeness (QED) is 0.159. The average molecular weight is 737 g/mol. The second kappa shape index (κ2) is 13.2. The molecule has 0 spiro atoms. The van der Waals surface area contributed by atoms with Crippen molar-refractivity contribution in [2.45, 2.75) is 83.4 Å². The van der Waals surface area contributed by atoms with Crippen molar-refractivity contribution in [1.82, 2.24) is 9.97 Å². The molecule has 10 heteroatoms. The first-order valence-corrected chi connectivity index (χ1v) is 19.9. The van der Waals surface area contributed by atoms with E-state index in [-0.39, 0.29) is 17.1 Å². The zero-order chi connectivity index (χ0) is 37.2. The number of anilines is 3. The first-order valence-electron chi connectivity index (χ1n) is 19.1. The maximum Gasteiger partial charge on any atom is 0.358 e. The molecule has 3 aromatic carbocycles. The lowest BCUT2D eigenvalue weighted by atomic mass is 9.53. The van der Waals surface area contributed by atoms with Crippen LogP contribution >= 0.6 is 11.3 Å². The molecule has 0 saturated heterocycles. The van der Waals surface area contributed by atoms with Crippen molar-refractivity contribution in [1.29, 1.82) is 5.26 Å². The molecule has 1 amide bonds. The number of carbonyl (C=O) groups excluding carboxylic acids is 2. The Balaban J connectivity index is 1.04. The summed E-state index contributed by atoms with van der Waals surface area (Å²) < 4.78 is 6.94. The van der Waals surface area contributed by atoms with Gasteiger partial charge in [0, 0.05) is 35.3 Å². The zero-order valence-electron chi connectivity index (χ0n) is 30.9. The molecule has 1 aliphatic heterocycles. The molecule has 274 valence electrons. The van der Waals surface area contributed by atoms with Gasteiger partial charge in [0.15, 0.2) is 10.8 Å². The molecular formula is C44H44N6O3S. The summed E-state index contributed by atoms with van der Waals surface area (Å²) in [7, 11) is 0. The molecule has 0 atom stereocenters. The summed E-state index contributed by atoms with van der Waals surface area (Å²) in [5.41, 5.74) is 5.45. The van der Waals surface area contributed by atoms with Gasteiger partial charge in [0.1, 0.15) is 17.5 Å². The van der Waals surface area contributed by atoms with Crippen LogP contribution in [-0.2, 0) is 17.7 Å². The molecule has 2 N–H and O–H groups in total. The van der Waals surface area contributed by atoms with Crippen molar-refractivity contribution < 1.29 is 14.3 Å². The third-order valence-electron chi connectivity index (χ3n) is 11.7. The number of benzene rings is 3. The number of hydrogen-bond donors (Lipinski definition) is 2. The van der Waals surface area contributed by atoms with E-state index in [1.807, 2.05) is 87.5 Å². The fraction of sp³-hybridized carbons (Fsp3) is 0.386. The van der Waals surface area contributed by atoms with E-state index in [1.165, 1.54) is 30.6 Å². The van der Waals surface area contributed by atoms with Gasteiger partial charge in [-0.2, -0.15) is 5.26 Å². The first kappa shape index (κ1) is 34.5. The molecule has 5 aromatic rings. The minimum Gasteiger partial charge on any atom is -0.455 e. The Hall–Kier alpha value is -5.27. The number of rotatable bonds is 7. The zero-order valence-corrected chi connectivity index (χ0v) is 31.8. The van der Waals surface area contributed by atoms with Gasteiger partial charge in [-0.3, -0.25) is 10.1 Å². The number of nitrogens with one attached hydrogen (secondary N) is 2. The molecule has 4 aliphatic carbocycles. The Morgan fingerprint density at radius 2 is 1.65 bits per heavy atom. The van der Waals surface area contributed by atoms with E-state index in [0.29, 0.717) is 52.7 Å². The molecule has 9 nitrogen and oxygen atoms in total. The number of thiazole rings is 1. The van der Waals surface area contributed by atoms with E-state index in [0.717, 1.165) is 64.0 Å². The number of hydrogen-bond acceptors (Lipinski definition) is 9. The minimum atomic E-state index is -0.748. The highest BCUT2D eigenvalue weighted by molar-refractivity contribution is 7.22. The first-order chi connectivity index (χ1) is 26.0. The predicted molar refractivity (Wildman–Crippen MR) is 213 cm³/mol. The Morgan fingerprint density at radius 3 is 2.37 bits per heavy atom. The summed E-state index contributed by atoms with van der Waals surface area (Å²) in [6, 6.07) is 25.9. The molecule has 2 aromatic heterocycles. The van der Waals surface area contributed by atoms with Crippen LogP contribution in [0.25, 0.3) is 21.3 Å². The molecule has 54 heavy (non-hydrogen) atoms. The van der Waals surface area contributed by atoms with E-state index >= 15 is 0 Å². The van der Waals surface area contributed by atoms with Gasteiger partial charge >= 0.3 is 5.97 Å². The summed E-state index contributed by atoms with van der Waals surface area (Å²) in [5.74, 6) is 2.14. The van der Waals surface area contributed by atoms with Crippen LogP contribution in [0.15, 0.2) is 72.8 Å². The van der Waals surface area contributed by atoms with E-state index < -0.39 is 11.6 Å². The predicted octanol–water partition coefficient (Wildman–Crippen LogP) is 9.38. The van der Waals surface area contributed by atoms with Crippen LogP contribution in [0.1, 0.15) is 96.8 Å². The highest BCUT2D eigenvalue weighted by Gasteiger charge is 2.51. The Morgan fingerprint density at radius 1 is 0.907 bits per heavy atom. The highest BCUT2D eigenvalue weighted by atomic mass is 32.1. The number of nitriles is 1. The number of para-hydroxylation sites is 1.